The molecule has 5 rings (SSSR count). The summed E-state index contributed by atoms with van der Waals surface area (Å²) in [5.41, 5.74) is 0.852. The predicted molar refractivity (Wildman–Crippen MR) is 105 cm³/mol. The molecule has 1 fully saturated rings. The lowest BCUT2D eigenvalue weighted by atomic mass is 10.0. The summed E-state index contributed by atoms with van der Waals surface area (Å²) in [6.45, 7) is 2.44. The lowest BCUT2D eigenvalue weighted by Crippen LogP contribution is -2.25. The van der Waals surface area contributed by atoms with Crippen LogP contribution in [0.15, 0.2) is 45.8 Å². The van der Waals surface area contributed by atoms with Gasteiger partial charge in [0, 0.05) is 25.5 Å². The molecule has 7 heteroatoms. The minimum Gasteiger partial charge on any atom is -0.507 e. The van der Waals surface area contributed by atoms with Gasteiger partial charge in [0.05, 0.1) is 12.2 Å². The lowest BCUT2D eigenvalue weighted by molar-refractivity contribution is -0.105. The van der Waals surface area contributed by atoms with Crippen molar-refractivity contribution in [3.8, 4) is 34.1 Å². The number of fused-ring (bicyclic) bond motifs is 2. The number of aromatic hydroxyl groups is 1. The average Bonchev–Trinajstić information content (AvgIpc) is 3.08. The highest BCUT2D eigenvalue weighted by Gasteiger charge is 2.22. The largest absolute Gasteiger partial charge is 0.507 e. The molecule has 0 aliphatic carbocycles. The number of hydrogen-bond donors (Lipinski definition) is 1. The minimum absolute atomic E-state index is 0.102. The molecule has 2 atom stereocenters. The van der Waals surface area contributed by atoms with Gasteiger partial charge in [-0.3, -0.25) is 4.79 Å². The average molecular weight is 396 g/mol. The third-order valence-electron chi connectivity index (χ3n) is 5.08. The monoisotopic (exact) mass is 396 g/mol. The van der Waals surface area contributed by atoms with Crippen molar-refractivity contribution in [2.45, 2.75) is 38.8 Å². The van der Waals surface area contributed by atoms with E-state index in [0.29, 0.717) is 35.0 Å². The van der Waals surface area contributed by atoms with E-state index in [0.717, 1.165) is 19.3 Å². The molecule has 2 aliphatic rings. The van der Waals surface area contributed by atoms with Crippen LogP contribution in [-0.4, -0.2) is 24.3 Å². The Hall–Kier alpha value is -3.19. The SMILES string of the molecule is C[C@@H]1Oc2ccc(-c3coc4cc(OC5CCCCO5)cc(O)c4c3=O)cc2O1. The number of ether oxygens (including phenoxy) is 4. The van der Waals surface area contributed by atoms with Gasteiger partial charge < -0.3 is 28.5 Å². The zero-order valence-corrected chi connectivity index (χ0v) is 15.8. The zero-order valence-electron chi connectivity index (χ0n) is 15.8. The molecule has 1 saturated heterocycles. The van der Waals surface area contributed by atoms with Gasteiger partial charge in [-0.15, -0.1) is 0 Å². The van der Waals surface area contributed by atoms with Crippen LogP contribution in [0.3, 0.4) is 0 Å². The van der Waals surface area contributed by atoms with E-state index in [4.69, 9.17) is 23.4 Å². The van der Waals surface area contributed by atoms with Crippen LogP contribution in [-0.2, 0) is 4.74 Å². The molecular weight excluding hydrogens is 376 g/mol. The summed E-state index contributed by atoms with van der Waals surface area (Å²) in [5.74, 6) is 1.39. The number of hydrogen-bond acceptors (Lipinski definition) is 7. The summed E-state index contributed by atoms with van der Waals surface area (Å²) >= 11 is 0. The maximum absolute atomic E-state index is 13.1. The second-order valence-corrected chi connectivity index (χ2v) is 7.17. The summed E-state index contributed by atoms with van der Waals surface area (Å²) in [5, 5.41) is 10.6. The van der Waals surface area contributed by atoms with Gasteiger partial charge in [-0.2, -0.15) is 0 Å². The van der Waals surface area contributed by atoms with E-state index in [9.17, 15) is 9.90 Å². The maximum Gasteiger partial charge on any atom is 0.238 e. The van der Waals surface area contributed by atoms with E-state index in [1.54, 1.807) is 31.2 Å². The highest BCUT2D eigenvalue weighted by Crippen LogP contribution is 2.38. The Morgan fingerprint density at radius 1 is 1.10 bits per heavy atom. The van der Waals surface area contributed by atoms with E-state index < -0.39 is 0 Å². The summed E-state index contributed by atoms with van der Waals surface area (Å²) in [7, 11) is 0. The summed E-state index contributed by atoms with van der Waals surface area (Å²) < 4.78 is 28.1. The second-order valence-electron chi connectivity index (χ2n) is 7.17. The molecule has 0 amide bonds. The Morgan fingerprint density at radius 3 is 2.79 bits per heavy atom. The normalized spacial score (nSPS) is 20.7. The molecule has 29 heavy (non-hydrogen) atoms. The van der Waals surface area contributed by atoms with E-state index in [-0.39, 0.29) is 34.7 Å². The number of phenols is 1. The van der Waals surface area contributed by atoms with Crippen molar-refractivity contribution in [1.82, 2.24) is 0 Å². The van der Waals surface area contributed by atoms with Gasteiger partial charge in [0.2, 0.25) is 11.7 Å². The minimum atomic E-state index is -0.371. The zero-order chi connectivity index (χ0) is 20.0. The first-order valence-corrected chi connectivity index (χ1v) is 9.63. The van der Waals surface area contributed by atoms with Gasteiger partial charge in [0.1, 0.15) is 28.7 Å². The fourth-order valence-electron chi connectivity index (χ4n) is 3.68. The second kappa shape index (κ2) is 7.00. The summed E-state index contributed by atoms with van der Waals surface area (Å²) in [4.78, 5) is 13.1. The smallest absolute Gasteiger partial charge is 0.238 e. The van der Waals surface area contributed by atoms with E-state index in [1.807, 2.05) is 0 Å². The Bertz CT molecular complexity index is 1130. The first kappa shape index (κ1) is 17.9. The first-order chi connectivity index (χ1) is 14.1. The molecule has 0 radical (unpaired) electrons. The third kappa shape index (κ3) is 3.27. The molecule has 7 nitrogen and oxygen atoms in total. The van der Waals surface area contributed by atoms with Crippen molar-refractivity contribution in [3.05, 3.63) is 46.8 Å². The van der Waals surface area contributed by atoms with Crippen molar-refractivity contribution in [2.75, 3.05) is 6.61 Å². The van der Waals surface area contributed by atoms with Gasteiger partial charge in [-0.05, 0) is 30.5 Å². The van der Waals surface area contributed by atoms with Gasteiger partial charge in [-0.1, -0.05) is 6.07 Å². The molecule has 1 aromatic heterocycles. The van der Waals surface area contributed by atoms with E-state index in [1.165, 1.54) is 12.3 Å². The van der Waals surface area contributed by atoms with Gasteiger partial charge in [0.15, 0.2) is 17.8 Å². The van der Waals surface area contributed by atoms with Crippen LogP contribution in [0.25, 0.3) is 22.1 Å². The fourth-order valence-corrected chi connectivity index (χ4v) is 3.68. The molecule has 2 aromatic carbocycles. The van der Waals surface area contributed by atoms with Crippen LogP contribution in [0.4, 0.5) is 0 Å². The van der Waals surface area contributed by atoms with Crippen LogP contribution in [0.2, 0.25) is 0 Å². The van der Waals surface area contributed by atoms with Crippen LogP contribution >= 0.6 is 0 Å². The predicted octanol–water partition coefficient (Wildman–Crippen LogP) is 4.19. The standard InChI is InChI=1S/C22H20O7/c1-12-27-17-6-5-13(8-18(17)28-12)15-11-26-19-10-14(9-16(23)21(19)22(15)24)29-20-4-2-3-7-25-20/h5-6,8-12,20,23H,2-4,7H2,1H3/t12-,20?/m1/s1. The fraction of sp³-hybridized carbons (Fsp3) is 0.318. The van der Waals surface area contributed by atoms with E-state index >= 15 is 0 Å². The summed E-state index contributed by atoms with van der Waals surface area (Å²) in [6.07, 6.45) is 3.47. The van der Waals surface area contributed by atoms with E-state index in [2.05, 4.69) is 0 Å². The molecule has 0 spiro atoms. The maximum atomic E-state index is 13.1. The van der Waals surface area contributed by atoms with Crippen LogP contribution in [0.5, 0.6) is 23.0 Å². The van der Waals surface area contributed by atoms with Crippen molar-refractivity contribution in [3.63, 3.8) is 0 Å². The van der Waals surface area contributed by atoms with Crippen LogP contribution in [0.1, 0.15) is 26.2 Å². The molecule has 1 N–H and O–H groups in total. The van der Waals surface area contributed by atoms with Gasteiger partial charge in [-0.25, -0.2) is 0 Å². The molecule has 150 valence electrons. The molecule has 2 aliphatic heterocycles. The van der Waals surface area contributed by atoms with Crippen molar-refractivity contribution in [1.29, 1.82) is 0 Å². The topological polar surface area (TPSA) is 87.4 Å². The van der Waals surface area contributed by atoms with Crippen molar-refractivity contribution < 1.29 is 28.5 Å². The van der Waals surface area contributed by atoms with Crippen LogP contribution < -0.4 is 19.6 Å². The summed E-state index contributed by atoms with van der Waals surface area (Å²) in [6, 6.07) is 8.25. The third-order valence-corrected chi connectivity index (χ3v) is 5.08. The van der Waals surface area contributed by atoms with Gasteiger partial charge in [0.25, 0.3) is 0 Å². The molecular formula is C22H20O7. The molecule has 3 heterocycles. The quantitative estimate of drug-likeness (QED) is 0.710. The Morgan fingerprint density at radius 2 is 1.97 bits per heavy atom. The highest BCUT2D eigenvalue weighted by molar-refractivity contribution is 5.88. The van der Waals surface area contributed by atoms with Gasteiger partial charge >= 0.3 is 0 Å². The molecule has 3 aromatic rings. The number of phenolic OH excluding ortho intramolecular Hbond substituents is 1. The lowest BCUT2D eigenvalue weighted by Gasteiger charge is -2.23. The van der Waals surface area contributed by atoms with Crippen molar-refractivity contribution >= 4 is 11.0 Å². The molecule has 0 saturated carbocycles. The highest BCUT2D eigenvalue weighted by atomic mass is 16.7. The number of benzene rings is 2. The Balaban J connectivity index is 1.52. The molecule has 1 unspecified atom stereocenters. The Kier molecular flexibility index (Phi) is 4.32. The first-order valence-electron chi connectivity index (χ1n) is 9.63. The van der Waals surface area contributed by atoms with Crippen molar-refractivity contribution in [2.24, 2.45) is 0 Å². The number of rotatable bonds is 3. The molecule has 0 bridgehead atoms. The van der Waals surface area contributed by atoms with Crippen LogP contribution in [0, 0.1) is 0 Å². The Labute approximate surface area is 166 Å².